The molecule has 0 saturated heterocycles. The molecule has 0 aliphatic heterocycles. The van der Waals surface area contributed by atoms with Crippen LogP contribution in [0.2, 0.25) is 0 Å². The summed E-state index contributed by atoms with van der Waals surface area (Å²) in [5.41, 5.74) is 0.786. The summed E-state index contributed by atoms with van der Waals surface area (Å²) in [6, 6.07) is 5.68. The zero-order chi connectivity index (χ0) is 13.4. The molecule has 0 radical (unpaired) electrons. The van der Waals surface area contributed by atoms with Crippen molar-refractivity contribution in [3.05, 3.63) is 34.1 Å². The van der Waals surface area contributed by atoms with E-state index in [0.29, 0.717) is 4.47 Å². The van der Waals surface area contributed by atoms with E-state index in [0.717, 1.165) is 31.4 Å². The first-order valence-corrected chi connectivity index (χ1v) is 7.67. The molecule has 1 N–H and O–H groups in total. The van der Waals surface area contributed by atoms with E-state index in [1.54, 1.807) is 6.07 Å². The molecule has 1 aromatic carbocycles. The van der Waals surface area contributed by atoms with E-state index >= 15 is 0 Å². The Labute approximate surface area is 118 Å². The van der Waals surface area contributed by atoms with Crippen LogP contribution in [0.5, 0.6) is 0 Å². The second-order valence-corrected chi connectivity index (χ2v) is 5.50. The zero-order valence-corrected chi connectivity index (χ0v) is 12.9. The van der Waals surface area contributed by atoms with Crippen molar-refractivity contribution in [1.82, 2.24) is 5.32 Å². The molecule has 1 nitrogen and oxygen atoms in total. The van der Waals surface area contributed by atoms with Crippen molar-refractivity contribution in [1.29, 1.82) is 0 Å². The van der Waals surface area contributed by atoms with Gasteiger partial charge in [-0.2, -0.15) is 0 Å². The Morgan fingerprint density at radius 1 is 1.22 bits per heavy atom. The molecule has 0 aromatic heterocycles. The zero-order valence-electron chi connectivity index (χ0n) is 11.3. The fourth-order valence-electron chi connectivity index (χ4n) is 2.07. The standard InChI is InChI=1S/C15H23BrFN/c1-3-5-6-10-14(18-11-4-2)12-8-7-9-13(16)15(12)17/h7-9,14,18H,3-6,10-11H2,1-2H3. The van der Waals surface area contributed by atoms with Crippen molar-refractivity contribution < 1.29 is 4.39 Å². The molecular weight excluding hydrogens is 293 g/mol. The molecular formula is C15H23BrFN. The molecule has 102 valence electrons. The van der Waals surface area contributed by atoms with Gasteiger partial charge in [-0.25, -0.2) is 4.39 Å². The molecule has 1 rings (SSSR count). The molecule has 0 aliphatic carbocycles. The molecule has 0 saturated carbocycles. The molecule has 1 aromatic rings. The van der Waals surface area contributed by atoms with Gasteiger partial charge in [0.25, 0.3) is 0 Å². The first kappa shape index (κ1) is 15.6. The van der Waals surface area contributed by atoms with Crippen LogP contribution in [0.3, 0.4) is 0 Å². The van der Waals surface area contributed by atoms with Gasteiger partial charge in [0.1, 0.15) is 5.82 Å². The first-order valence-electron chi connectivity index (χ1n) is 6.88. The average molecular weight is 316 g/mol. The van der Waals surface area contributed by atoms with Crippen LogP contribution in [0, 0.1) is 5.82 Å². The SMILES string of the molecule is CCCCCC(NCCC)c1cccc(Br)c1F. The molecule has 0 amide bonds. The van der Waals surface area contributed by atoms with Gasteiger partial charge in [0.15, 0.2) is 0 Å². The van der Waals surface area contributed by atoms with Crippen molar-refractivity contribution in [3.63, 3.8) is 0 Å². The minimum absolute atomic E-state index is 0.123. The van der Waals surface area contributed by atoms with Crippen molar-refractivity contribution in [2.45, 2.75) is 52.0 Å². The smallest absolute Gasteiger partial charge is 0.142 e. The Kier molecular flexibility index (Phi) is 7.52. The largest absolute Gasteiger partial charge is 0.310 e. The Hall–Kier alpha value is -0.410. The van der Waals surface area contributed by atoms with Gasteiger partial charge < -0.3 is 5.32 Å². The third-order valence-electron chi connectivity index (χ3n) is 3.09. The molecule has 0 bridgehead atoms. The summed E-state index contributed by atoms with van der Waals surface area (Å²) in [7, 11) is 0. The van der Waals surface area contributed by atoms with Gasteiger partial charge in [0.2, 0.25) is 0 Å². The molecule has 3 heteroatoms. The van der Waals surface area contributed by atoms with E-state index in [4.69, 9.17) is 0 Å². The highest BCUT2D eigenvalue weighted by Gasteiger charge is 2.16. The number of unbranched alkanes of at least 4 members (excludes halogenated alkanes) is 2. The summed E-state index contributed by atoms with van der Waals surface area (Å²) in [6.45, 7) is 5.25. The summed E-state index contributed by atoms with van der Waals surface area (Å²) >= 11 is 3.26. The van der Waals surface area contributed by atoms with Gasteiger partial charge >= 0.3 is 0 Å². The van der Waals surface area contributed by atoms with E-state index in [-0.39, 0.29) is 11.9 Å². The second kappa shape index (κ2) is 8.65. The third-order valence-corrected chi connectivity index (χ3v) is 3.71. The van der Waals surface area contributed by atoms with Crippen LogP contribution in [-0.2, 0) is 0 Å². The van der Waals surface area contributed by atoms with E-state index in [1.807, 2.05) is 12.1 Å². The van der Waals surface area contributed by atoms with Crippen LogP contribution in [0.4, 0.5) is 4.39 Å². The van der Waals surface area contributed by atoms with Crippen LogP contribution in [0.25, 0.3) is 0 Å². The Morgan fingerprint density at radius 3 is 2.67 bits per heavy atom. The molecule has 0 spiro atoms. The lowest BCUT2D eigenvalue weighted by atomic mass is 10.00. The van der Waals surface area contributed by atoms with Gasteiger partial charge in [-0.15, -0.1) is 0 Å². The van der Waals surface area contributed by atoms with Gasteiger partial charge in [-0.05, 0) is 41.4 Å². The van der Waals surface area contributed by atoms with E-state index in [2.05, 4.69) is 35.1 Å². The normalized spacial score (nSPS) is 12.7. The number of benzene rings is 1. The fourth-order valence-corrected chi connectivity index (χ4v) is 2.46. The highest BCUT2D eigenvalue weighted by Crippen LogP contribution is 2.27. The summed E-state index contributed by atoms with van der Waals surface area (Å²) in [6.07, 6.45) is 5.62. The number of hydrogen-bond donors (Lipinski definition) is 1. The van der Waals surface area contributed by atoms with Crippen LogP contribution >= 0.6 is 15.9 Å². The summed E-state index contributed by atoms with van der Waals surface area (Å²) in [5.74, 6) is -0.123. The van der Waals surface area contributed by atoms with Crippen molar-refractivity contribution in [2.24, 2.45) is 0 Å². The van der Waals surface area contributed by atoms with Crippen LogP contribution in [-0.4, -0.2) is 6.54 Å². The third kappa shape index (κ3) is 4.69. The summed E-state index contributed by atoms with van der Waals surface area (Å²) in [5, 5.41) is 3.45. The maximum Gasteiger partial charge on any atom is 0.142 e. The van der Waals surface area contributed by atoms with Crippen molar-refractivity contribution in [3.8, 4) is 0 Å². The Morgan fingerprint density at radius 2 is 2.00 bits per heavy atom. The second-order valence-electron chi connectivity index (χ2n) is 4.65. The lowest BCUT2D eigenvalue weighted by Gasteiger charge is -2.20. The van der Waals surface area contributed by atoms with Gasteiger partial charge in [-0.1, -0.05) is 45.2 Å². The number of halogens is 2. The lowest BCUT2D eigenvalue weighted by molar-refractivity contribution is 0.453. The minimum atomic E-state index is -0.123. The van der Waals surface area contributed by atoms with Crippen molar-refractivity contribution in [2.75, 3.05) is 6.54 Å². The number of nitrogens with one attached hydrogen (secondary N) is 1. The number of hydrogen-bond acceptors (Lipinski definition) is 1. The molecule has 0 heterocycles. The number of rotatable bonds is 8. The highest BCUT2D eigenvalue weighted by atomic mass is 79.9. The molecule has 18 heavy (non-hydrogen) atoms. The predicted octanol–water partition coefficient (Wildman–Crippen LogP) is 5.21. The summed E-state index contributed by atoms with van der Waals surface area (Å²) < 4.78 is 14.7. The Bertz CT molecular complexity index is 354. The highest BCUT2D eigenvalue weighted by molar-refractivity contribution is 9.10. The quantitative estimate of drug-likeness (QED) is 0.649. The molecule has 1 unspecified atom stereocenters. The van der Waals surface area contributed by atoms with Crippen LogP contribution < -0.4 is 5.32 Å². The van der Waals surface area contributed by atoms with Gasteiger partial charge in [0.05, 0.1) is 4.47 Å². The maximum absolute atomic E-state index is 14.1. The fraction of sp³-hybridized carbons (Fsp3) is 0.600. The molecule has 1 atom stereocenters. The Balaban J connectivity index is 2.76. The first-order chi connectivity index (χ1) is 8.70. The molecule has 0 aliphatic rings. The minimum Gasteiger partial charge on any atom is -0.310 e. The van der Waals surface area contributed by atoms with Crippen molar-refractivity contribution >= 4 is 15.9 Å². The van der Waals surface area contributed by atoms with E-state index in [9.17, 15) is 4.39 Å². The topological polar surface area (TPSA) is 12.0 Å². The summed E-state index contributed by atoms with van der Waals surface area (Å²) in [4.78, 5) is 0. The van der Waals surface area contributed by atoms with Crippen LogP contribution in [0.1, 0.15) is 57.6 Å². The predicted molar refractivity (Wildman–Crippen MR) is 79.3 cm³/mol. The lowest BCUT2D eigenvalue weighted by Crippen LogP contribution is -2.23. The van der Waals surface area contributed by atoms with Crippen LogP contribution in [0.15, 0.2) is 22.7 Å². The van der Waals surface area contributed by atoms with E-state index < -0.39 is 0 Å². The van der Waals surface area contributed by atoms with Gasteiger partial charge in [0, 0.05) is 11.6 Å². The molecule has 0 fully saturated rings. The van der Waals surface area contributed by atoms with Gasteiger partial charge in [-0.3, -0.25) is 0 Å². The monoisotopic (exact) mass is 315 g/mol. The average Bonchev–Trinajstić information content (AvgIpc) is 2.37. The maximum atomic E-state index is 14.1. The van der Waals surface area contributed by atoms with E-state index in [1.165, 1.54) is 12.8 Å².